The molecule has 5 rings (SSSR count). The van der Waals surface area contributed by atoms with Crippen molar-refractivity contribution < 1.29 is 9.18 Å². The van der Waals surface area contributed by atoms with Crippen LogP contribution in [0.25, 0.3) is 0 Å². The molecule has 3 saturated heterocycles. The molecule has 3 aliphatic rings. The maximum Gasteiger partial charge on any atom is 0.228 e. The van der Waals surface area contributed by atoms with Crippen LogP contribution in [0.4, 0.5) is 10.3 Å². The van der Waals surface area contributed by atoms with Crippen LogP contribution < -0.4 is 4.90 Å². The van der Waals surface area contributed by atoms with Gasteiger partial charge in [0.2, 0.25) is 11.9 Å². The average molecular weight is 452 g/mol. The third kappa shape index (κ3) is 4.74. The highest BCUT2D eigenvalue weighted by Gasteiger charge is 2.51. The van der Waals surface area contributed by atoms with Crippen LogP contribution in [-0.2, 0) is 17.8 Å². The first-order chi connectivity index (χ1) is 16.0. The fourth-order valence-corrected chi connectivity index (χ4v) is 5.87. The van der Waals surface area contributed by atoms with Crippen LogP contribution >= 0.6 is 0 Å². The lowest BCUT2D eigenvalue weighted by atomic mass is 9.75. The van der Waals surface area contributed by atoms with Gasteiger partial charge >= 0.3 is 0 Å². The highest BCUT2D eigenvalue weighted by atomic mass is 19.1. The minimum Gasteiger partial charge on any atom is -0.342 e. The van der Waals surface area contributed by atoms with Crippen LogP contribution in [0.2, 0.25) is 0 Å². The van der Waals surface area contributed by atoms with Gasteiger partial charge in [-0.2, -0.15) is 0 Å². The predicted octanol–water partition coefficient (Wildman–Crippen LogP) is 3.66. The lowest BCUT2D eigenvalue weighted by Gasteiger charge is -2.37. The zero-order valence-electron chi connectivity index (χ0n) is 19.5. The molecule has 6 nitrogen and oxygen atoms in total. The Bertz CT molecular complexity index is 984. The third-order valence-corrected chi connectivity index (χ3v) is 7.85. The second-order valence-electron chi connectivity index (χ2n) is 10.1. The molecule has 1 aromatic heterocycles. The number of rotatable bonds is 5. The molecule has 0 radical (unpaired) electrons. The van der Waals surface area contributed by atoms with Crippen LogP contribution in [0.3, 0.4) is 0 Å². The maximum atomic E-state index is 13.6. The van der Waals surface area contributed by atoms with E-state index in [9.17, 15) is 9.18 Å². The van der Waals surface area contributed by atoms with E-state index >= 15 is 0 Å². The second kappa shape index (κ2) is 9.37. The first kappa shape index (κ1) is 22.3. The van der Waals surface area contributed by atoms with Crippen molar-refractivity contribution in [3.63, 3.8) is 0 Å². The van der Waals surface area contributed by atoms with Gasteiger partial charge in [0.1, 0.15) is 5.82 Å². The molecule has 4 heterocycles. The van der Waals surface area contributed by atoms with Gasteiger partial charge in [0, 0.05) is 38.9 Å². The lowest BCUT2D eigenvalue weighted by Crippen LogP contribution is -2.44. The number of piperidine rings is 2. The number of carbonyl (C=O) groups excluding carboxylic acids is 1. The summed E-state index contributed by atoms with van der Waals surface area (Å²) in [6.45, 7) is 4.69. The van der Waals surface area contributed by atoms with E-state index < -0.39 is 0 Å². The summed E-state index contributed by atoms with van der Waals surface area (Å²) in [5, 5.41) is 0. The summed E-state index contributed by atoms with van der Waals surface area (Å²) in [6.07, 6.45) is 8.92. The van der Waals surface area contributed by atoms with Crippen LogP contribution in [0, 0.1) is 11.2 Å². The van der Waals surface area contributed by atoms with E-state index in [1.807, 2.05) is 30.3 Å². The van der Waals surface area contributed by atoms with Crippen molar-refractivity contribution in [1.29, 1.82) is 0 Å². The fraction of sp³-hybridized carbons (Fsp3) is 0.577. The smallest absolute Gasteiger partial charge is 0.228 e. The predicted molar refractivity (Wildman–Crippen MR) is 126 cm³/mol. The first-order valence-corrected chi connectivity index (χ1v) is 12.3. The van der Waals surface area contributed by atoms with Gasteiger partial charge in [0.25, 0.3) is 0 Å². The molecule has 33 heavy (non-hydrogen) atoms. The van der Waals surface area contributed by atoms with Crippen LogP contribution in [0.1, 0.15) is 49.8 Å². The molecule has 1 spiro atoms. The molecular formula is C26H34FN5O. The number of aromatic nitrogens is 2. The van der Waals surface area contributed by atoms with E-state index in [2.05, 4.69) is 14.8 Å². The number of halogens is 1. The Labute approximate surface area is 195 Å². The van der Waals surface area contributed by atoms with E-state index in [1.165, 1.54) is 25.3 Å². The molecule has 1 aromatic carbocycles. The molecule has 176 valence electrons. The van der Waals surface area contributed by atoms with Crippen LogP contribution in [0.15, 0.2) is 36.5 Å². The van der Waals surface area contributed by atoms with Crippen LogP contribution in [0.5, 0.6) is 0 Å². The minimum atomic E-state index is -0.270. The molecule has 1 amide bonds. The Morgan fingerprint density at radius 2 is 1.88 bits per heavy atom. The highest BCUT2D eigenvalue weighted by Crippen LogP contribution is 2.44. The van der Waals surface area contributed by atoms with Gasteiger partial charge in [-0.3, -0.25) is 9.69 Å². The summed E-state index contributed by atoms with van der Waals surface area (Å²) in [7, 11) is 1.91. The second-order valence-corrected chi connectivity index (χ2v) is 10.1. The van der Waals surface area contributed by atoms with Crippen molar-refractivity contribution in [1.82, 2.24) is 19.8 Å². The van der Waals surface area contributed by atoms with Gasteiger partial charge in [-0.05, 0) is 81.8 Å². The third-order valence-electron chi connectivity index (χ3n) is 7.85. The standard InChI is InChI=1S/C26H34FN5O/c1-30-23(17-20-6-5-7-21(27)16-20)18-26(24(30)33)9-14-31(15-10-26)19-22-8-11-28-25(29-22)32-12-3-2-4-13-32/h5-8,11,16,23H,2-4,9-10,12-15,17-19H2,1H3/t23-/m0/s1. The van der Waals surface area contributed by atoms with Gasteiger partial charge in [-0.25, -0.2) is 14.4 Å². The first-order valence-electron chi connectivity index (χ1n) is 12.3. The number of likely N-dealkylation sites (tertiary alicyclic amines) is 2. The zero-order chi connectivity index (χ0) is 22.8. The summed E-state index contributed by atoms with van der Waals surface area (Å²) in [6, 6.07) is 8.92. The zero-order valence-corrected chi connectivity index (χ0v) is 19.5. The molecule has 3 fully saturated rings. The van der Waals surface area contributed by atoms with Crippen molar-refractivity contribution in [2.75, 3.05) is 38.1 Å². The molecule has 0 unspecified atom stereocenters. The van der Waals surface area contributed by atoms with E-state index in [0.29, 0.717) is 6.42 Å². The average Bonchev–Trinajstić information content (AvgIpc) is 3.06. The van der Waals surface area contributed by atoms with Crippen molar-refractivity contribution in [3.05, 3.63) is 53.6 Å². The number of amides is 1. The van der Waals surface area contributed by atoms with Crippen molar-refractivity contribution in [3.8, 4) is 0 Å². The molecule has 0 saturated carbocycles. The summed E-state index contributed by atoms with van der Waals surface area (Å²) < 4.78 is 13.6. The molecule has 2 aromatic rings. The monoisotopic (exact) mass is 451 g/mol. The number of hydrogen-bond donors (Lipinski definition) is 0. The number of likely N-dealkylation sites (N-methyl/N-ethyl adjacent to an activating group) is 1. The maximum absolute atomic E-state index is 13.6. The lowest BCUT2D eigenvalue weighted by molar-refractivity contribution is -0.137. The Balaban J connectivity index is 1.19. The summed E-state index contributed by atoms with van der Waals surface area (Å²) in [4.78, 5) is 29.2. The van der Waals surface area contributed by atoms with E-state index in [1.54, 1.807) is 12.1 Å². The quantitative estimate of drug-likeness (QED) is 0.695. The topological polar surface area (TPSA) is 52.6 Å². The highest BCUT2D eigenvalue weighted by molar-refractivity contribution is 5.85. The summed E-state index contributed by atoms with van der Waals surface area (Å²) in [5.74, 6) is 0.905. The van der Waals surface area contributed by atoms with Crippen LogP contribution in [-0.4, -0.2) is 64.9 Å². The van der Waals surface area contributed by atoms with Gasteiger partial charge in [0.15, 0.2) is 0 Å². The van der Waals surface area contributed by atoms with E-state index in [-0.39, 0.29) is 23.2 Å². The minimum absolute atomic E-state index is 0.139. The SMILES string of the molecule is CN1C(=O)C2(CCN(Cc3ccnc(N4CCCCC4)n3)CC2)C[C@@H]1Cc1cccc(F)c1. The number of carbonyl (C=O) groups is 1. The fourth-order valence-electron chi connectivity index (χ4n) is 5.87. The molecule has 7 heteroatoms. The normalized spacial score (nSPS) is 23.5. The molecule has 3 aliphatic heterocycles. The summed E-state index contributed by atoms with van der Waals surface area (Å²) in [5.41, 5.74) is 1.75. The van der Waals surface area contributed by atoms with Crippen molar-refractivity contribution in [2.24, 2.45) is 5.41 Å². The summed E-state index contributed by atoms with van der Waals surface area (Å²) >= 11 is 0. The van der Waals surface area contributed by atoms with E-state index in [0.717, 1.165) is 69.2 Å². The van der Waals surface area contributed by atoms with Gasteiger partial charge in [-0.1, -0.05) is 12.1 Å². The van der Waals surface area contributed by atoms with Crippen molar-refractivity contribution in [2.45, 2.75) is 57.5 Å². The van der Waals surface area contributed by atoms with E-state index in [4.69, 9.17) is 4.98 Å². The number of hydrogen-bond acceptors (Lipinski definition) is 5. The van der Waals surface area contributed by atoms with Crippen molar-refractivity contribution >= 4 is 11.9 Å². The Morgan fingerprint density at radius 1 is 1.09 bits per heavy atom. The molecule has 0 bridgehead atoms. The number of anilines is 1. The Kier molecular flexibility index (Phi) is 6.32. The molecule has 0 N–H and O–H groups in total. The van der Waals surface area contributed by atoms with Gasteiger partial charge in [0.05, 0.1) is 11.1 Å². The number of benzene rings is 1. The Hall–Kier alpha value is -2.54. The number of nitrogens with zero attached hydrogens (tertiary/aromatic N) is 5. The van der Waals surface area contributed by atoms with Gasteiger partial charge < -0.3 is 9.80 Å². The Morgan fingerprint density at radius 3 is 2.64 bits per heavy atom. The molecule has 1 atom stereocenters. The largest absolute Gasteiger partial charge is 0.342 e. The van der Waals surface area contributed by atoms with Gasteiger partial charge in [-0.15, -0.1) is 0 Å². The molecule has 0 aliphatic carbocycles. The molecular weight excluding hydrogens is 417 g/mol.